The number of rotatable bonds is 4. The number of nitrogens with zero attached hydrogens (tertiary/aromatic N) is 1. The Kier molecular flexibility index (Phi) is 6.06. The van der Waals surface area contributed by atoms with Crippen LogP contribution in [0.2, 0.25) is 5.02 Å². The zero-order chi connectivity index (χ0) is 22.3. The fraction of sp³-hybridized carbons (Fsp3) is 0.333. The summed E-state index contributed by atoms with van der Waals surface area (Å²) in [5.74, 6) is -0.104. The predicted molar refractivity (Wildman–Crippen MR) is 125 cm³/mol. The molecule has 3 heterocycles. The number of aryl methyl sites for hydroxylation is 2. The molecule has 0 spiro atoms. The molecule has 31 heavy (non-hydrogen) atoms. The van der Waals surface area contributed by atoms with Gasteiger partial charge in [-0.25, -0.2) is 0 Å². The number of aromatic nitrogens is 1. The first-order valence-corrected chi connectivity index (χ1v) is 11.5. The Hall–Kier alpha value is -2.41. The van der Waals surface area contributed by atoms with Crippen molar-refractivity contribution in [3.63, 3.8) is 0 Å². The first-order valence-electron chi connectivity index (χ1n) is 10.3. The molecule has 1 N–H and O–H groups in total. The van der Waals surface area contributed by atoms with E-state index < -0.39 is 6.10 Å². The number of pyridine rings is 1. The Morgan fingerprint density at radius 3 is 2.65 bits per heavy atom. The largest absolute Gasteiger partial charge is 0.360 e. The second-order valence-electron chi connectivity index (χ2n) is 7.83. The van der Waals surface area contributed by atoms with Crippen LogP contribution >= 0.6 is 22.9 Å². The second kappa shape index (κ2) is 8.61. The van der Waals surface area contributed by atoms with Gasteiger partial charge in [-0.2, -0.15) is 0 Å². The van der Waals surface area contributed by atoms with Crippen LogP contribution in [0.4, 0.5) is 0 Å². The summed E-state index contributed by atoms with van der Waals surface area (Å²) in [4.78, 5) is 27.3. The van der Waals surface area contributed by atoms with Gasteiger partial charge in [0.25, 0.3) is 5.56 Å². The van der Waals surface area contributed by atoms with Crippen molar-refractivity contribution in [2.75, 3.05) is 6.54 Å². The third kappa shape index (κ3) is 4.07. The van der Waals surface area contributed by atoms with Gasteiger partial charge in [-0.05, 0) is 49.6 Å². The standard InChI is InChI=1S/C24H25ClN2O3S/c1-5-26-20(28)11-19-17-10-21(29)27(4)12-18(17)24-22(13(2)14(3)31-24)23(30-19)15-6-8-16(25)9-7-15/h6-10,12,19,23H,5,11H2,1-4H3,(H,26,28)/t19-,23+/m0/s1. The molecule has 0 unspecified atom stereocenters. The lowest BCUT2D eigenvalue weighted by atomic mass is 9.95. The highest BCUT2D eigenvalue weighted by Crippen LogP contribution is 2.50. The van der Waals surface area contributed by atoms with Crippen LogP contribution in [0.25, 0.3) is 10.4 Å². The van der Waals surface area contributed by atoms with E-state index in [1.165, 1.54) is 10.4 Å². The minimum atomic E-state index is -0.546. The summed E-state index contributed by atoms with van der Waals surface area (Å²) in [6.07, 6.45) is 1.09. The van der Waals surface area contributed by atoms with Crippen LogP contribution in [0.1, 0.15) is 52.7 Å². The molecule has 2 aromatic heterocycles. The Balaban J connectivity index is 1.95. The first kappa shape index (κ1) is 21.8. The summed E-state index contributed by atoms with van der Waals surface area (Å²) in [6.45, 7) is 6.63. The SMILES string of the molecule is CCNC(=O)C[C@@H]1O[C@H](c2ccc(Cl)cc2)c2c(sc(C)c2C)-c2cn(C)c(=O)cc21. The van der Waals surface area contributed by atoms with Crippen molar-refractivity contribution in [2.24, 2.45) is 7.05 Å². The fourth-order valence-electron chi connectivity index (χ4n) is 4.05. The molecule has 4 rings (SSSR count). The molecular formula is C24H25ClN2O3S. The van der Waals surface area contributed by atoms with Crippen LogP contribution in [-0.4, -0.2) is 17.0 Å². The number of ether oxygens (including phenoxy) is 1. The summed E-state index contributed by atoms with van der Waals surface area (Å²) in [7, 11) is 1.75. The highest BCUT2D eigenvalue weighted by molar-refractivity contribution is 7.15. The summed E-state index contributed by atoms with van der Waals surface area (Å²) < 4.78 is 8.23. The van der Waals surface area contributed by atoms with Gasteiger partial charge in [0.15, 0.2) is 0 Å². The van der Waals surface area contributed by atoms with Crippen LogP contribution in [0, 0.1) is 13.8 Å². The Morgan fingerprint density at radius 1 is 1.26 bits per heavy atom. The summed E-state index contributed by atoms with van der Waals surface area (Å²) >= 11 is 7.83. The zero-order valence-corrected chi connectivity index (χ0v) is 19.6. The number of benzene rings is 1. The number of thiophene rings is 1. The van der Waals surface area contributed by atoms with Gasteiger partial charge in [-0.3, -0.25) is 9.59 Å². The van der Waals surface area contributed by atoms with Crippen molar-refractivity contribution in [3.05, 3.63) is 79.0 Å². The monoisotopic (exact) mass is 456 g/mol. The van der Waals surface area contributed by atoms with E-state index in [-0.39, 0.29) is 24.0 Å². The number of halogens is 1. The summed E-state index contributed by atoms with van der Waals surface area (Å²) in [5, 5.41) is 3.50. The Labute approximate surface area is 190 Å². The van der Waals surface area contributed by atoms with E-state index in [1.807, 2.05) is 37.4 Å². The fourth-order valence-corrected chi connectivity index (χ4v) is 5.39. The Morgan fingerprint density at radius 2 is 1.97 bits per heavy atom. The number of amides is 1. The van der Waals surface area contributed by atoms with Crippen LogP contribution in [-0.2, 0) is 16.6 Å². The first-order chi connectivity index (χ1) is 14.8. The van der Waals surface area contributed by atoms with Gasteiger partial charge in [0.1, 0.15) is 6.10 Å². The molecule has 2 atom stereocenters. The van der Waals surface area contributed by atoms with Crippen LogP contribution in [0.5, 0.6) is 0 Å². The molecular weight excluding hydrogens is 432 g/mol. The molecule has 0 saturated carbocycles. The van der Waals surface area contributed by atoms with Gasteiger partial charge in [0.2, 0.25) is 5.91 Å². The van der Waals surface area contributed by atoms with Crippen molar-refractivity contribution in [2.45, 2.75) is 39.4 Å². The van der Waals surface area contributed by atoms with Gasteiger partial charge >= 0.3 is 0 Å². The van der Waals surface area contributed by atoms with Crippen molar-refractivity contribution < 1.29 is 9.53 Å². The molecule has 1 aliphatic heterocycles. The van der Waals surface area contributed by atoms with Gasteiger partial charge in [-0.1, -0.05) is 23.7 Å². The van der Waals surface area contributed by atoms with Crippen LogP contribution < -0.4 is 10.9 Å². The molecule has 7 heteroatoms. The zero-order valence-electron chi connectivity index (χ0n) is 18.0. The molecule has 0 radical (unpaired) electrons. The van der Waals surface area contributed by atoms with E-state index >= 15 is 0 Å². The third-order valence-corrected chi connectivity index (χ3v) is 7.27. The van der Waals surface area contributed by atoms with Crippen LogP contribution in [0.3, 0.4) is 0 Å². The lowest BCUT2D eigenvalue weighted by Crippen LogP contribution is -2.26. The number of hydrogen-bond acceptors (Lipinski definition) is 4. The van der Waals surface area contributed by atoms with Gasteiger partial charge < -0.3 is 14.6 Å². The predicted octanol–water partition coefficient (Wildman–Crippen LogP) is 5.07. The summed E-state index contributed by atoms with van der Waals surface area (Å²) in [5.41, 5.74) is 4.80. The van der Waals surface area contributed by atoms with Crippen molar-refractivity contribution in [1.29, 1.82) is 0 Å². The molecule has 162 valence electrons. The average molecular weight is 457 g/mol. The van der Waals surface area contributed by atoms with E-state index in [1.54, 1.807) is 29.0 Å². The van der Waals surface area contributed by atoms with E-state index in [0.717, 1.165) is 27.1 Å². The van der Waals surface area contributed by atoms with E-state index in [0.29, 0.717) is 11.6 Å². The molecule has 1 amide bonds. The topological polar surface area (TPSA) is 60.3 Å². The number of nitrogens with one attached hydrogen (secondary N) is 1. The van der Waals surface area contributed by atoms with E-state index in [4.69, 9.17) is 16.3 Å². The smallest absolute Gasteiger partial charge is 0.250 e. The van der Waals surface area contributed by atoms with E-state index in [9.17, 15) is 9.59 Å². The minimum absolute atomic E-state index is 0.104. The van der Waals surface area contributed by atoms with Crippen molar-refractivity contribution in [1.82, 2.24) is 9.88 Å². The number of hydrogen-bond donors (Lipinski definition) is 1. The maximum absolute atomic E-state index is 12.5. The maximum Gasteiger partial charge on any atom is 0.250 e. The van der Waals surface area contributed by atoms with Gasteiger partial charge in [0.05, 0.1) is 12.5 Å². The summed E-state index contributed by atoms with van der Waals surface area (Å²) in [6, 6.07) is 9.22. The van der Waals surface area contributed by atoms with E-state index in [2.05, 4.69) is 19.2 Å². The molecule has 3 aromatic rings. The molecule has 0 bridgehead atoms. The molecule has 1 aliphatic rings. The lowest BCUT2D eigenvalue weighted by molar-refractivity contribution is -0.124. The molecule has 0 aliphatic carbocycles. The lowest BCUT2D eigenvalue weighted by Gasteiger charge is -2.24. The third-order valence-electron chi connectivity index (χ3n) is 5.76. The maximum atomic E-state index is 12.5. The minimum Gasteiger partial charge on any atom is -0.360 e. The van der Waals surface area contributed by atoms with Crippen LogP contribution in [0.15, 0.2) is 41.3 Å². The highest BCUT2D eigenvalue weighted by Gasteiger charge is 2.35. The Bertz CT molecular complexity index is 1200. The van der Waals surface area contributed by atoms with Gasteiger partial charge in [-0.15, -0.1) is 11.3 Å². The average Bonchev–Trinajstić information content (AvgIpc) is 2.95. The molecule has 5 nitrogen and oxygen atoms in total. The molecule has 0 saturated heterocycles. The number of carbonyl (C=O) groups is 1. The quantitative estimate of drug-likeness (QED) is 0.596. The molecule has 0 fully saturated rings. The number of fused-ring (bicyclic) bond motifs is 3. The highest BCUT2D eigenvalue weighted by atomic mass is 35.5. The number of carbonyl (C=O) groups excluding carboxylic acids is 1. The van der Waals surface area contributed by atoms with Crippen molar-refractivity contribution in [3.8, 4) is 10.4 Å². The molecule has 1 aromatic carbocycles. The van der Waals surface area contributed by atoms with Crippen molar-refractivity contribution >= 4 is 28.8 Å². The van der Waals surface area contributed by atoms with Gasteiger partial charge in [0, 0.05) is 51.8 Å². The normalized spacial score (nSPS) is 17.6. The second-order valence-corrected chi connectivity index (χ2v) is 9.49.